The lowest BCUT2D eigenvalue weighted by molar-refractivity contribution is -0.119. The topological polar surface area (TPSA) is 83.8 Å². The molecule has 1 heterocycles. The summed E-state index contributed by atoms with van der Waals surface area (Å²) < 4.78 is 43.4. The number of carbonyl (C=O) groups is 1. The van der Waals surface area contributed by atoms with Gasteiger partial charge in [-0.2, -0.15) is 5.10 Å². The summed E-state index contributed by atoms with van der Waals surface area (Å²) >= 11 is 0. The monoisotopic (exact) mass is 532 g/mol. The first-order valence-electron chi connectivity index (χ1n) is 12.0. The van der Waals surface area contributed by atoms with Crippen molar-refractivity contribution in [1.29, 1.82) is 0 Å². The molecule has 0 aliphatic rings. The molecule has 0 aliphatic carbocycles. The average Bonchev–Trinajstić information content (AvgIpc) is 3.16. The Balaban J connectivity index is 1.54. The molecule has 0 bridgehead atoms. The summed E-state index contributed by atoms with van der Waals surface area (Å²) in [7, 11) is -4.10. The molecule has 4 aromatic rings. The number of anilines is 1. The Morgan fingerprint density at radius 1 is 0.921 bits per heavy atom. The van der Waals surface area contributed by atoms with Crippen LogP contribution in [0.4, 0.5) is 10.1 Å². The molecule has 0 radical (unpaired) electrons. The van der Waals surface area contributed by atoms with Gasteiger partial charge >= 0.3 is 0 Å². The molecule has 0 unspecified atom stereocenters. The summed E-state index contributed by atoms with van der Waals surface area (Å²) in [6, 6.07) is 21.3. The number of carbonyl (C=O) groups excluding carboxylic acids is 1. The Hall–Kier alpha value is -4.24. The van der Waals surface area contributed by atoms with E-state index in [2.05, 4.69) is 15.1 Å². The number of rotatable bonds is 8. The Bertz CT molecular complexity index is 1570. The molecule has 9 heteroatoms. The zero-order valence-corrected chi connectivity index (χ0v) is 22.5. The maximum absolute atomic E-state index is 13.5. The highest BCUT2D eigenvalue weighted by molar-refractivity contribution is 7.92. The second-order valence-electron chi connectivity index (χ2n) is 9.09. The van der Waals surface area contributed by atoms with Gasteiger partial charge in [0.15, 0.2) is 0 Å². The van der Waals surface area contributed by atoms with Crippen molar-refractivity contribution in [1.82, 2.24) is 9.99 Å². The Labute approximate surface area is 222 Å². The molecule has 0 aliphatic heterocycles. The van der Waals surface area contributed by atoms with E-state index in [1.54, 1.807) is 12.1 Å². The third kappa shape index (κ3) is 5.84. The van der Waals surface area contributed by atoms with E-state index in [4.69, 9.17) is 0 Å². The number of nitrogens with one attached hydrogen (secondary N) is 1. The highest BCUT2D eigenvalue weighted by Crippen LogP contribution is 2.24. The molecule has 7 nitrogen and oxygen atoms in total. The summed E-state index contributed by atoms with van der Waals surface area (Å²) in [5.74, 6) is -1.16. The number of hydrogen-bond acceptors (Lipinski definition) is 4. The number of halogens is 1. The third-order valence-electron chi connectivity index (χ3n) is 6.17. The predicted octanol–water partition coefficient (Wildman–Crippen LogP) is 5.20. The predicted molar refractivity (Wildman–Crippen MR) is 148 cm³/mol. The van der Waals surface area contributed by atoms with Gasteiger partial charge in [0.05, 0.1) is 16.8 Å². The Kier molecular flexibility index (Phi) is 7.78. The van der Waals surface area contributed by atoms with Gasteiger partial charge in [-0.1, -0.05) is 35.4 Å². The smallest absolute Gasteiger partial charge is 0.264 e. The zero-order chi connectivity index (χ0) is 27.4. The summed E-state index contributed by atoms with van der Waals surface area (Å²) in [5.41, 5.74) is 8.42. The fourth-order valence-electron chi connectivity index (χ4n) is 4.11. The molecular weight excluding hydrogens is 503 g/mol. The molecule has 0 fully saturated rings. The third-order valence-corrected chi connectivity index (χ3v) is 7.95. The van der Waals surface area contributed by atoms with Crippen LogP contribution in [0.15, 0.2) is 88.9 Å². The number of nitrogens with zero attached hydrogens (tertiary/aromatic N) is 3. The van der Waals surface area contributed by atoms with Gasteiger partial charge in [0.2, 0.25) is 0 Å². The number of hydrazone groups is 1. The lowest BCUT2D eigenvalue weighted by Crippen LogP contribution is -2.39. The van der Waals surface area contributed by atoms with E-state index in [1.165, 1.54) is 36.0 Å². The minimum Gasteiger partial charge on any atom is -0.318 e. The molecular formula is C29H29FN4O3S. The van der Waals surface area contributed by atoms with E-state index in [0.29, 0.717) is 0 Å². The van der Waals surface area contributed by atoms with E-state index < -0.39 is 28.3 Å². The molecule has 4 rings (SSSR count). The number of hydrogen-bond donors (Lipinski definition) is 1. The fourth-order valence-corrected chi connectivity index (χ4v) is 5.53. The molecule has 1 aromatic heterocycles. The van der Waals surface area contributed by atoms with Crippen molar-refractivity contribution in [3.05, 3.63) is 113 Å². The Morgan fingerprint density at radius 3 is 2.11 bits per heavy atom. The maximum Gasteiger partial charge on any atom is 0.264 e. The highest BCUT2D eigenvalue weighted by Gasteiger charge is 2.27. The number of amides is 1. The number of aromatic nitrogens is 1. The van der Waals surface area contributed by atoms with Crippen LogP contribution in [0.2, 0.25) is 0 Å². The van der Waals surface area contributed by atoms with Gasteiger partial charge in [-0.25, -0.2) is 18.2 Å². The zero-order valence-electron chi connectivity index (χ0n) is 21.6. The van der Waals surface area contributed by atoms with Crippen LogP contribution in [-0.2, 0) is 14.8 Å². The average molecular weight is 533 g/mol. The highest BCUT2D eigenvalue weighted by atomic mass is 32.2. The molecule has 0 saturated carbocycles. The molecule has 38 heavy (non-hydrogen) atoms. The normalized spacial score (nSPS) is 11.6. The van der Waals surface area contributed by atoms with E-state index in [0.717, 1.165) is 44.6 Å². The molecule has 1 N–H and O–H groups in total. The molecule has 1 amide bonds. The molecule has 0 saturated heterocycles. The SMILES string of the molecule is Cc1ccc(-n2c(C)cc(/C=N\NC(=O)CN(c3ccc(F)cc3)S(=O)(=O)c3ccc(C)cc3)c2C)cc1. The second kappa shape index (κ2) is 11.0. The lowest BCUT2D eigenvalue weighted by atomic mass is 10.2. The van der Waals surface area contributed by atoms with Gasteiger partial charge in [-0.15, -0.1) is 0 Å². The van der Waals surface area contributed by atoms with Crippen LogP contribution >= 0.6 is 0 Å². The summed E-state index contributed by atoms with van der Waals surface area (Å²) in [4.78, 5) is 12.8. The van der Waals surface area contributed by atoms with Crippen molar-refractivity contribution in [3.8, 4) is 5.69 Å². The van der Waals surface area contributed by atoms with Crippen LogP contribution in [-0.4, -0.2) is 31.7 Å². The standard InChI is InChI=1S/C29H29FN4O3S/c1-20-5-11-27(12-6-20)34-22(3)17-24(23(34)4)18-31-32-29(35)19-33(26-13-9-25(30)10-14-26)38(36,37)28-15-7-21(2)8-16-28/h5-18H,19H2,1-4H3,(H,32,35)/b31-18-. The minimum atomic E-state index is -4.10. The van der Waals surface area contributed by atoms with Crippen molar-refractivity contribution >= 4 is 27.8 Å². The van der Waals surface area contributed by atoms with Crippen LogP contribution in [0, 0.1) is 33.5 Å². The fraction of sp³-hybridized carbons (Fsp3) is 0.172. The lowest BCUT2D eigenvalue weighted by Gasteiger charge is -2.23. The van der Waals surface area contributed by atoms with Gasteiger partial charge in [0, 0.05) is 22.6 Å². The summed E-state index contributed by atoms with van der Waals surface area (Å²) in [5, 5.41) is 4.07. The van der Waals surface area contributed by atoms with Gasteiger partial charge in [0.25, 0.3) is 15.9 Å². The summed E-state index contributed by atoms with van der Waals surface area (Å²) in [6.07, 6.45) is 1.53. The molecule has 3 aromatic carbocycles. The molecule has 0 spiro atoms. The van der Waals surface area contributed by atoms with E-state index >= 15 is 0 Å². The number of benzene rings is 3. The van der Waals surface area contributed by atoms with Crippen molar-refractivity contribution in [2.24, 2.45) is 5.10 Å². The Morgan fingerprint density at radius 2 is 1.50 bits per heavy atom. The minimum absolute atomic E-state index is 0.0206. The van der Waals surface area contributed by atoms with Crippen LogP contribution in [0.5, 0.6) is 0 Å². The van der Waals surface area contributed by atoms with Gasteiger partial charge in [-0.3, -0.25) is 9.10 Å². The van der Waals surface area contributed by atoms with Gasteiger partial charge in [0.1, 0.15) is 12.4 Å². The number of aryl methyl sites for hydroxylation is 3. The van der Waals surface area contributed by atoms with Crippen molar-refractivity contribution in [2.45, 2.75) is 32.6 Å². The van der Waals surface area contributed by atoms with Gasteiger partial charge in [-0.05, 0) is 82.3 Å². The van der Waals surface area contributed by atoms with Crippen molar-refractivity contribution in [3.63, 3.8) is 0 Å². The first-order chi connectivity index (χ1) is 18.1. The quantitative estimate of drug-likeness (QED) is 0.250. The van der Waals surface area contributed by atoms with Crippen LogP contribution in [0.1, 0.15) is 28.1 Å². The van der Waals surface area contributed by atoms with Crippen LogP contribution < -0.4 is 9.73 Å². The first-order valence-corrected chi connectivity index (χ1v) is 13.4. The van der Waals surface area contributed by atoms with Crippen molar-refractivity contribution < 1.29 is 17.6 Å². The summed E-state index contributed by atoms with van der Waals surface area (Å²) in [6.45, 7) is 7.28. The first kappa shape index (κ1) is 26.8. The molecule has 196 valence electrons. The molecule has 0 atom stereocenters. The van der Waals surface area contributed by atoms with E-state index in [1.807, 2.05) is 58.0 Å². The number of sulfonamides is 1. The maximum atomic E-state index is 13.5. The van der Waals surface area contributed by atoms with Crippen molar-refractivity contribution in [2.75, 3.05) is 10.8 Å². The van der Waals surface area contributed by atoms with Gasteiger partial charge < -0.3 is 4.57 Å². The largest absolute Gasteiger partial charge is 0.318 e. The van der Waals surface area contributed by atoms with E-state index in [-0.39, 0.29) is 10.6 Å². The van der Waals surface area contributed by atoms with Crippen LogP contribution in [0.25, 0.3) is 5.69 Å². The second-order valence-corrected chi connectivity index (χ2v) is 11.0. The van der Waals surface area contributed by atoms with E-state index in [9.17, 15) is 17.6 Å². The van der Waals surface area contributed by atoms with Crippen LogP contribution in [0.3, 0.4) is 0 Å².